The van der Waals surface area contributed by atoms with Crippen LogP contribution >= 0.6 is 11.6 Å². The Morgan fingerprint density at radius 3 is 2.79 bits per heavy atom. The van der Waals surface area contributed by atoms with Crippen molar-refractivity contribution in [3.05, 3.63) is 34.3 Å². The lowest BCUT2D eigenvalue weighted by Crippen LogP contribution is -2.26. The van der Waals surface area contributed by atoms with E-state index in [1.54, 1.807) is 19.2 Å². The van der Waals surface area contributed by atoms with Crippen LogP contribution in [0.1, 0.15) is 18.1 Å². The monoisotopic (exact) mass is 285 g/mol. The predicted molar refractivity (Wildman–Crippen MR) is 76.8 cm³/mol. The second-order valence-electron chi connectivity index (χ2n) is 4.15. The molecule has 3 N–H and O–H groups in total. The molecule has 0 spiro atoms. The molecule has 0 aliphatic rings. The molecule has 1 rings (SSSR count). The molecular formula is C13H20ClN3O2. The van der Waals surface area contributed by atoms with Gasteiger partial charge in [-0.3, -0.25) is 4.90 Å². The standard InChI is InChI=1S/C13H20ClN3O2/c1-3-17(6-7-19-2)9-11-5-4-10(8-12(11)14)13(15)16-18/h4-5,8,18H,3,6-7,9H2,1-2H3,(H2,15,16). The van der Waals surface area contributed by atoms with E-state index in [4.69, 9.17) is 27.3 Å². The number of oxime groups is 1. The molecule has 0 saturated carbocycles. The van der Waals surface area contributed by atoms with Gasteiger partial charge in [-0.25, -0.2) is 0 Å². The normalized spacial score (nSPS) is 12.1. The summed E-state index contributed by atoms with van der Waals surface area (Å²) in [6.07, 6.45) is 0. The molecule has 0 bridgehead atoms. The molecule has 0 amide bonds. The minimum atomic E-state index is 0.0557. The third-order valence-corrected chi connectivity index (χ3v) is 3.26. The average Bonchev–Trinajstić information content (AvgIpc) is 2.44. The van der Waals surface area contributed by atoms with E-state index in [9.17, 15) is 0 Å². The van der Waals surface area contributed by atoms with E-state index in [2.05, 4.69) is 17.0 Å². The van der Waals surface area contributed by atoms with Gasteiger partial charge in [-0.2, -0.15) is 0 Å². The van der Waals surface area contributed by atoms with E-state index >= 15 is 0 Å². The first-order valence-electron chi connectivity index (χ1n) is 6.10. The average molecular weight is 286 g/mol. The Morgan fingerprint density at radius 2 is 2.26 bits per heavy atom. The van der Waals surface area contributed by atoms with Crippen molar-refractivity contribution in [1.29, 1.82) is 0 Å². The summed E-state index contributed by atoms with van der Waals surface area (Å²) in [5, 5.41) is 12.2. The molecule has 0 unspecified atom stereocenters. The summed E-state index contributed by atoms with van der Waals surface area (Å²) in [6.45, 7) is 5.30. The zero-order chi connectivity index (χ0) is 14.3. The molecule has 5 nitrogen and oxygen atoms in total. The molecule has 106 valence electrons. The van der Waals surface area contributed by atoms with Crippen LogP contribution in [0.5, 0.6) is 0 Å². The van der Waals surface area contributed by atoms with Crippen LogP contribution in [-0.2, 0) is 11.3 Å². The van der Waals surface area contributed by atoms with Gasteiger partial charge in [0.1, 0.15) is 0 Å². The van der Waals surface area contributed by atoms with Crippen molar-refractivity contribution >= 4 is 17.4 Å². The van der Waals surface area contributed by atoms with Gasteiger partial charge >= 0.3 is 0 Å². The van der Waals surface area contributed by atoms with Gasteiger partial charge in [-0.15, -0.1) is 0 Å². The van der Waals surface area contributed by atoms with E-state index < -0.39 is 0 Å². The predicted octanol–water partition coefficient (Wildman–Crippen LogP) is 1.90. The first-order valence-corrected chi connectivity index (χ1v) is 6.47. The first kappa shape index (κ1) is 15.8. The highest BCUT2D eigenvalue weighted by Crippen LogP contribution is 2.19. The molecule has 1 aromatic rings. The zero-order valence-corrected chi connectivity index (χ0v) is 12.0. The first-order chi connectivity index (χ1) is 9.12. The van der Waals surface area contributed by atoms with E-state index in [0.29, 0.717) is 17.2 Å². The number of ether oxygens (including phenoxy) is 1. The number of amidine groups is 1. The van der Waals surface area contributed by atoms with Crippen LogP contribution in [0.15, 0.2) is 23.4 Å². The molecule has 0 radical (unpaired) electrons. The number of benzene rings is 1. The number of halogens is 1. The molecule has 0 saturated heterocycles. The number of rotatable bonds is 7. The molecule has 6 heteroatoms. The van der Waals surface area contributed by atoms with Gasteiger partial charge in [0.05, 0.1) is 6.61 Å². The van der Waals surface area contributed by atoms with Crippen LogP contribution < -0.4 is 5.73 Å². The summed E-state index contributed by atoms with van der Waals surface area (Å²) >= 11 is 6.22. The van der Waals surface area contributed by atoms with Crippen molar-refractivity contribution in [3.8, 4) is 0 Å². The molecule has 0 fully saturated rings. The van der Waals surface area contributed by atoms with Gasteiger partial charge in [0.15, 0.2) is 5.84 Å². The lowest BCUT2D eigenvalue weighted by atomic mass is 10.1. The molecule has 0 atom stereocenters. The van der Waals surface area contributed by atoms with Gasteiger partial charge in [-0.1, -0.05) is 35.8 Å². The number of methoxy groups -OCH3 is 1. The van der Waals surface area contributed by atoms with Crippen molar-refractivity contribution in [2.75, 3.05) is 26.8 Å². The fourth-order valence-corrected chi connectivity index (χ4v) is 1.94. The summed E-state index contributed by atoms with van der Waals surface area (Å²) in [7, 11) is 1.69. The van der Waals surface area contributed by atoms with Crippen molar-refractivity contribution in [2.24, 2.45) is 10.9 Å². The number of hydrogen-bond acceptors (Lipinski definition) is 4. The SMILES string of the molecule is CCN(CCOC)Cc1ccc(/C(N)=N/O)cc1Cl. The summed E-state index contributed by atoms with van der Waals surface area (Å²) in [5.41, 5.74) is 7.14. The third-order valence-electron chi connectivity index (χ3n) is 2.91. The molecule has 1 aromatic carbocycles. The van der Waals surface area contributed by atoms with Crippen LogP contribution in [0.3, 0.4) is 0 Å². The lowest BCUT2D eigenvalue weighted by molar-refractivity contribution is 0.147. The molecular weight excluding hydrogens is 266 g/mol. The number of hydrogen-bond donors (Lipinski definition) is 2. The van der Waals surface area contributed by atoms with Crippen molar-refractivity contribution in [3.63, 3.8) is 0 Å². The number of nitrogens with two attached hydrogens (primary N) is 1. The van der Waals surface area contributed by atoms with Crippen LogP contribution in [-0.4, -0.2) is 42.7 Å². The summed E-state index contributed by atoms with van der Waals surface area (Å²) < 4.78 is 5.07. The largest absolute Gasteiger partial charge is 0.409 e. The van der Waals surface area contributed by atoms with Crippen LogP contribution in [0.4, 0.5) is 0 Å². The van der Waals surface area contributed by atoms with Crippen molar-refractivity contribution in [2.45, 2.75) is 13.5 Å². The highest BCUT2D eigenvalue weighted by Gasteiger charge is 2.09. The highest BCUT2D eigenvalue weighted by molar-refractivity contribution is 6.31. The Bertz CT molecular complexity index is 438. The van der Waals surface area contributed by atoms with Gasteiger partial charge < -0.3 is 15.7 Å². The van der Waals surface area contributed by atoms with E-state index in [1.165, 1.54) is 0 Å². The Labute approximate surface area is 118 Å². The Balaban J connectivity index is 2.78. The van der Waals surface area contributed by atoms with Crippen molar-refractivity contribution < 1.29 is 9.94 Å². The minimum Gasteiger partial charge on any atom is -0.409 e. The van der Waals surface area contributed by atoms with Crippen LogP contribution in [0.25, 0.3) is 0 Å². The molecule has 0 aliphatic heterocycles. The Morgan fingerprint density at radius 1 is 1.53 bits per heavy atom. The summed E-state index contributed by atoms with van der Waals surface area (Å²) in [6, 6.07) is 5.39. The van der Waals surface area contributed by atoms with Crippen LogP contribution in [0, 0.1) is 0 Å². The Hall–Kier alpha value is -1.30. The summed E-state index contributed by atoms with van der Waals surface area (Å²) in [5.74, 6) is 0.0557. The van der Waals surface area contributed by atoms with Gasteiger partial charge in [0, 0.05) is 30.8 Å². The number of likely N-dealkylation sites (N-methyl/N-ethyl adjacent to an activating group) is 1. The number of nitrogens with zero attached hydrogens (tertiary/aromatic N) is 2. The molecule has 19 heavy (non-hydrogen) atoms. The maximum Gasteiger partial charge on any atom is 0.170 e. The molecule has 0 heterocycles. The second-order valence-corrected chi connectivity index (χ2v) is 4.56. The topological polar surface area (TPSA) is 71.1 Å². The fourth-order valence-electron chi connectivity index (χ4n) is 1.70. The minimum absolute atomic E-state index is 0.0557. The third kappa shape index (κ3) is 4.70. The molecule has 0 aliphatic carbocycles. The second kappa shape index (κ2) is 7.99. The Kier molecular flexibility index (Phi) is 6.62. The van der Waals surface area contributed by atoms with Gasteiger partial charge in [0.25, 0.3) is 0 Å². The van der Waals surface area contributed by atoms with Gasteiger partial charge in [0.2, 0.25) is 0 Å². The quantitative estimate of drug-likeness (QED) is 0.347. The fraction of sp³-hybridized carbons (Fsp3) is 0.462. The highest BCUT2D eigenvalue weighted by atomic mass is 35.5. The molecule has 0 aromatic heterocycles. The van der Waals surface area contributed by atoms with E-state index in [-0.39, 0.29) is 5.84 Å². The van der Waals surface area contributed by atoms with Crippen LogP contribution in [0.2, 0.25) is 5.02 Å². The smallest absolute Gasteiger partial charge is 0.170 e. The van der Waals surface area contributed by atoms with Gasteiger partial charge in [-0.05, 0) is 18.2 Å². The maximum atomic E-state index is 8.63. The van der Waals surface area contributed by atoms with Crippen molar-refractivity contribution in [1.82, 2.24) is 4.90 Å². The zero-order valence-electron chi connectivity index (χ0n) is 11.3. The van der Waals surface area contributed by atoms with E-state index in [0.717, 1.165) is 25.2 Å². The summed E-state index contributed by atoms with van der Waals surface area (Å²) in [4.78, 5) is 2.23. The lowest BCUT2D eigenvalue weighted by Gasteiger charge is -2.20. The maximum absolute atomic E-state index is 8.63. The van der Waals surface area contributed by atoms with E-state index in [1.807, 2.05) is 6.07 Å².